The first-order chi connectivity index (χ1) is 7.67. The summed E-state index contributed by atoms with van der Waals surface area (Å²) in [4.78, 5) is 16.0. The number of carbonyl (C=O) groups excluding carboxylic acids is 1. The van der Waals surface area contributed by atoms with Crippen molar-refractivity contribution in [3.05, 3.63) is 28.5 Å². The minimum atomic E-state index is -0.296. The van der Waals surface area contributed by atoms with Gasteiger partial charge in [0.1, 0.15) is 6.10 Å². The number of ether oxygens (including phenoxy) is 1. The maximum Gasteiger partial charge on any atom is 0.167 e. The zero-order chi connectivity index (χ0) is 12.0. The first kappa shape index (κ1) is 13.3. The second-order valence-corrected chi connectivity index (χ2v) is 4.54. The molecule has 0 aromatic carbocycles. The summed E-state index contributed by atoms with van der Waals surface area (Å²) < 4.78 is 6.08. The third kappa shape index (κ3) is 4.02. The maximum absolute atomic E-state index is 11.8. The van der Waals surface area contributed by atoms with E-state index < -0.39 is 0 Å². The minimum absolute atomic E-state index is 0.0965. The van der Waals surface area contributed by atoms with Gasteiger partial charge in [0.05, 0.1) is 6.42 Å². The fourth-order valence-corrected chi connectivity index (χ4v) is 1.71. The molecule has 1 rings (SSSR count). The quantitative estimate of drug-likeness (QED) is 0.807. The summed E-state index contributed by atoms with van der Waals surface area (Å²) in [6, 6.07) is 3.73. The summed E-state index contributed by atoms with van der Waals surface area (Å²) >= 11 is 3.31. The molecule has 1 aromatic rings. The van der Waals surface area contributed by atoms with E-state index in [0.717, 1.165) is 23.0 Å². The molecule has 0 N–H and O–H groups in total. The van der Waals surface area contributed by atoms with Crippen molar-refractivity contribution in [3.8, 4) is 0 Å². The van der Waals surface area contributed by atoms with E-state index in [9.17, 15) is 4.79 Å². The Balaban J connectivity index is 2.59. The van der Waals surface area contributed by atoms with Crippen LogP contribution < -0.4 is 0 Å². The predicted molar refractivity (Wildman–Crippen MR) is 66.4 cm³/mol. The van der Waals surface area contributed by atoms with Gasteiger partial charge in [-0.15, -0.1) is 0 Å². The third-order valence-corrected chi connectivity index (χ3v) is 2.81. The molecule has 0 bridgehead atoms. The lowest BCUT2D eigenvalue weighted by molar-refractivity contribution is -0.128. The number of carbonyl (C=O) groups is 1. The Kier molecular flexibility index (Phi) is 5.63. The molecule has 1 unspecified atom stereocenters. The lowest BCUT2D eigenvalue weighted by Gasteiger charge is -2.12. The van der Waals surface area contributed by atoms with E-state index in [0.29, 0.717) is 6.42 Å². The molecule has 4 heteroatoms. The van der Waals surface area contributed by atoms with Crippen molar-refractivity contribution in [2.75, 3.05) is 7.11 Å². The average molecular weight is 286 g/mol. The van der Waals surface area contributed by atoms with Gasteiger partial charge in [-0.25, -0.2) is 0 Å². The zero-order valence-electron chi connectivity index (χ0n) is 9.57. The SMILES string of the molecule is CCCC(OC)C(=O)Cc1ccc(Br)cn1. The number of rotatable bonds is 6. The molecule has 1 heterocycles. The van der Waals surface area contributed by atoms with E-state index >= 15 is 0 Å². The maximum atomic E-state index is 11.8. The van der Waals surface area contributed by atoms with Gasteiger partial charge in [-0.05, 0) is 34.5 Å². The molecular formula is C12H16BrNO2. The van der Waals surface area contributed by atoms with Gasteiger partial charge in [-0.1, -0.05) is 13.3 Å². The molecule has 0 aliphatic heterocycles. The van der Waals surface area contributed by atoms with Gasteiger partial charge < -0.3 is 4.74 Å². The van der Waals surface area contributed by atoms with Crippen LogP contribution in [0.4, 0.5) is 0 Å². The number of hydrogen-bond donors (Lipinski definition) is 0. The molecule has 1 aromatic heterocycles. The van der Waals surface area contributed by atoms with Crippen LogP contribution in [-0.4, -0.2) is 24.0 Å². The molecule has 0 saturated heterocycles. The molecule has 0 aliphatic rings. The molecule has 0 amide bonds. The molecule has 16 heavy (non-hydrogen) atoms. The molecule has 0 aliphatic carbocycles. The molecule has 0 spiro atoms. The van der Waals surface area contributed by atoms with Gasteiger partial charge >= 0.3 is 0 Å². The molecule has 3 nitrogen and oxygen atoms in total. The van der Waals surface area contributed by atoms with Crippen LogP contribution in [0.25, 0.3) is 0 Å². The summed E-state index contributed by atoms with van der Waals surface area (Å²) in [5.41, 5.74) is 0.784. The van der Waals surface area contributed by atoms with E-state index in [4.69, 9.17) is 4.74 Å². The number of aromatic nitrogens is 1. The number of methoxy groups -OCH3 is 1. The number of hydrogen-bond acceptors (Lipinski definition) is 3. The van der Waals surface area contributed by atoms with Crippen molar-refractivity contribution in [3.63, 3.8) is 0 Å². The van der Waals surface area contributed by atoms with Crippen molar-refractivity contribution in [2.45, 2.75) is 32.3 Å². The monoisotopic (exact) mass is 285 g/mol. The van der Waals surface area contributed by atoms with Crippen LogP contribution in [-0.2, 0) is 16.0 Å². The van der Waals surface area contributed by atoms with Gasteiger partial charge in [0, 0.05) is 23.5 Å². The van der Waals surface area contributed by atoms with Crippen LogP contribution in [0.3, 0.4) is 0 Å². The zero-order valence-corrected chi connectivity index (χ0v) is 11.2. The number of nitrogens with zero attached hydrogens (tertiary/aromatic N) is 1. The summed E-state index contributed by atoms with van der Waals surface area (Å²) in [7, 11) is 1.58. The van der Waals surface area contributed by atoms with Crippen LogP contribution in [0.1, 0.15) is 25.5 Å². The molecule has 0 saturated carbocycles. The Morgan fingerprint density at radius 2 is 2.31 bits per heavy atom. The van der Waals surface area contributed by atoms with Crippen LogP contribution in [0.2, 0.25) is 0 Å². The van der Waals surface area contributed by atoms with E-state index in [2.05, 4.69) is 20.9 Å². The molecular weight excluding hydrogens is 270 g/mol. The summed E-state index contributed by atoms with van der Waals surface area (Å²) in [5.74, 6) is 0.0965. The number of pyridine rings is 1. The van der Waals surface area contributed by atoms with Gasteiger partial charge in [0.25, 0.3) is 0 Å². The van der Waals surface area contributed by atoms with Crippen molar-refractivity contribution < 1.29 is 9.53 Å². The summed E-state index contributed by atoms with van der Waals surface area (Å²) in [6.07, 6.45) is 3.45. The largest absolute Gasteiger partial charge is 0.374 e. The number of halogens is 1. The molecule has 88 valence electrons. The highest BCUT2D eigenvalue weighted by atomic mass is 79.9. The Bertz CT molecular complexity index is 337. The fraction of sp³-hybridized carbons (Fsp3) is 0.500. The highest BCUT2D eigenvalue weighted by molar-refractivity contribution is 9.10. The number of Topliss-reactive ketones (excluding diaryl/α,β-unsaturated/α-hetero) is 1. The second-order valence-electron chi connectivity index (χ2n) is 3.62. The molecule has 1 atom stereocenters. The van der Waals surface area contributed by atoms with Crippen LogP contribution >= 0.6 is 15.9 Å². The number of ketones is 1. The molecule has 0 fully saturated rings. The van der Waals surface area contributed by atoms with E-state index in [1.165, 1.54) is 0 Å². The molecule has 0 radical (unpaired) electrons. The van der Waals surface area contributed by atoms with Gasteiger partial charge in [-0.3, -0.25) is 9.78 Å². The van der Waals surface area contributed by atoms with Crippen molar-refractivity contribution in [2.24, 2.45) is 0 Å². The lowest BCUT2D eigenvalue weighted by atomic mass is 10.1. The van der Waals surface area contributed by atoms with Gasteiger partial charge in [0.2, 0.25) is 0 Å². The van der Waals surface area contributed by atoms with E-state index in [1.54, 1.807) is 13.3 Å². The lowest BCUT2D eigenvalue weighted by Crippen LogP contribution is -2.24. The first-order valence-corrected chi connectivity index (χ1v) is 6.12. The second kappa shape index (κ2) is 6.76. The Morgan fingerprint density at radius 1 is 1.56 bits per heavy atom. The summed E-state index contributed by atoms with van der Waals surface area (Å²) in [5, 5.41) is 0. The van der Waals surface area contributed by atoms with Crippen LogP contribution in [0.5, 0.6) is 0 Å². The summed E-state index contributed by atoms with van der Waals surface area (Å²) in [6.45, 7) is 2.04. The van der Waals surface area contributed by atoms with Crippen molar-refractivity contribution >= 4 is 21.7 Å². The van der Waals surface area contributed by atoms with E-state index in [1.807, 2.05) is 19.1 Å². The highest BCUT2D eigenvalue weighted by Gasteiger charge is 2.17. The highest BCUT2D eigenvalue weighted by Crippen LogP contribution is 2.10. The topological polar surface area (TPSA) is 39.2 Å². The Labute approximate surface area is 104 Å². The van der Waals surface area contributed by atoms with Crippen molar-refractivity contribution in [1.29, 1.82) is 0 Å². The minimum Gasteiger partial charge on any atom is -0.374 e. The van der Waals surface area contributed by atoms with Crippen molar-refractivity contribution in [1.82, 2.24) is 4.98 Å². The van der Waals surface area contributed by atoms with Crippen LogP contribution in [0, 0.1) is 0 Å². The smallest absolute Gasteiger partial charge is 0.167 e. The standard InChI is InChI=1S/C12H16BrNO2/c1-3-4-12(16-2)11(15)7-10-6-5-9(13)8-14-10/h5-6,8,12H,3-4,7H2,1-2H3. The van der Waals surface area contributed by atoms with Gasteiger partial charge in [-0.2, -0.15) is 0 Å². The normalized spacial score (nSPS) is 12.4. The Morgan fingerprint density at radius 3 is 2.81 bits per heavy atom. The van der Waals surface area contributed by atoms with Gasteiger partial charge in [0.15, 0.2) is 5.78 Å². The van der Waals surface area contributed by atoms with E-state index in [-0.39, 0.29) is 11.9 Å². The fourth-order valence-electron chi connectivity index (χ4n) is 1.48. The third-order valence-electron chi connectivity index (χ3n) is 2.34. The first-order valence-electron chi connectivity index (χ1n) is 5.33. The Hall–Kier alpha value is -0.740. The predicted octanol–water partition coefficient (Wildman–Crippen LogP) is 2.77. The average Bonchev–Trinajstić information content (AvgIpc) is 2.29. The van der Waals surface area contributed by atoms with Crippen LogP contribution in [0.15, 0.2) is 22.8 Å².